The summed E-state index contributed by atoms with van der Waals surface area (Å²) in [4.78, 5) is 10.9. The highest BCUT2D eigenvalue weighted by atomic mass is 16.5. The van der Waals surface area contributed by atoms with Crippen LogP contribution in [0.5, 0.6) is 0 Å². The van der Waals surface area contributed by atoms with E-state index in [0.29, 0.717) is 31.8 Å². The van der Waals surface area contributed by atoms with E-state index in [1.165, 1.54) is 0 Å². The molecule has 0 aliphatic carbocycles. The first kappa shape index (κ1) is 13.6. The molecule has 7 heteroatoms. The fourth-order valence-corrected chi connectivity index (χ4v) is 1.57. The molecule has 1 heterocycles. The van der Waals surface area contributed by atoms with E-state index in [4.69, 9.17) is 15.6 Å². The van der Waals surface area contributed by atoms with Crippen molar-refractivity contribution in [3.63, 3.8) is 0 Å². The molecule has 0 amide bonds. The van der Waals surface area contributed by atoms with Gasteiger partial charge in [-0.25, -0.2) is 9.48 Å². The van der Waals surface area contributed by atoms with Gasteiger partial charge >= 0.3 is 5.97 Å². The Bertz CT molecular complexity index is 364. The number of nitrogens with zero attached hydrogens (tertiary/aromatic N) is 3. The topological polar surface area (TPSA) is 103 Å². The van der Waals surface area contributed by atoms with Crippen LogP contribution in [0.25, 0.3) is 0 Å². The summed E-state index contributed by atoms with van der Waals surface area (Å²) in [6.45, 7) is 1.71. The van der Waals surface area contributed by atoms with Crippen LogP contribution in [0.15, 0.2) is 0 Å². The van der Waals surface area contributed by atoms with Gasteiger partial charge in [-0.2, -0.15) is 0 Å². The van der Waals surface area contributed by atoms with Crippen molar-refractivity contribution in [1.82, 2.24) is 15.0 Å². The van der Waals surface area contributed by atoms with Crippen LogP contribution in [0.3, 0.4) is 0 Å². The second-order valence-electron chi connectivity index (χ2n) is 3.65. The predicted molar refractivity (Wildman–Crippen MR) is 60.8 cm³/mol. The largest absolute Gasteiger partial charge is 0.476 e. The zero-order valence-electron chi connectivity index (χ0n) is 9.93. The molecule has 0 aliphatic heterocycles. The highest BCUT2D eigenvalue weighted by Crippen LogP contribution is 2.07. The lowest BCUT2D eigenvalue weighted by Gasteiger charge is -2.05. The van der Waals surface area contributed by atoms with Crippen molar-refractivity contribution in [3.8, 4) is 0 Å². The number of hydrogen-bond donors (Lipinski definition) is 2. The number of hydrogen-bond acceptors (Lipinski definition) is 5. The minimum atomic E-state index is -1.06. The Morgan fingerprint density at radius 1 is 1.53 bits per heavy atom. The quantitative estimate of drug-likeness (QED) is 0.617. The van der Waals surface area contributed by atoms with Crippen molar-refractivity contribution in [2.75, 3.05) is 20.3 Å². The third-order valence-electron chi connectivity index (χ3n) is 2.39. The third kappa shape index (κ3) is 3.79. The highest BCUT2D eigenvalue weighted by Gasteiger charge is 2.17. The molecule has 0 aliphatic rings. The van der Waals surface area contributed by atoms with Crippen molar-refractivity contribution in [1.29, 1.82) is 0 Å². The van der Waals surface area contributed by atoms with E-state index in [1.54, 1.807) is 11.8 Å². The molecule has 17 heavy (non-hydrogen) atoms. The van der Waals surface area contributed by atoms with Gasteiger partial charge in [-0.15, -0.1) is 5.10 Å². The smallest absolute Gasteiger partial charge is 0.358 e. The van der Waals surface area contributed by atoms with Gasteiger partial charge in [0, 0.05) is 26.7 Å². The summed E-state index contributed by atoms with van der Waals surface area (Å²) in [5.41, 5.74) is 6.05. The molecule has 0 unspecified atom stereocenters. The molecule has 0 fully saturated rings. The van der Waals surface area contributed by atoms with Gasteiger partial charge in [0.1, 0.15) is 0 Å². The summed E-state index contributed by atoms with van der Waals surface area (Å²) in [6, 6.07) is 0. The Balaban J connectivity index is 2.67. The number of carboxylic acids is 1. The van der Waals surface area contributed by atoms with Gasteiger partial charge in [0.2, 0.25) is 0 Å². The highest BCUT2D eigenvalue weighted by molar-refractivity contribution is 5.86. The normalized spacial score (nSPS) is 10.7. The third-order valence-corrected chi connectivity index (χ3v) is 2.39. The fourth-order valence-electron chi connectivity index (χ4n) is 1.57. The first-order valence-electron chi connectivity index (χ1n) is 5.55. The Morgan fingerprint density at radius 2 is 2.29 bits per heavy atom. The molecule has 1 aromatic rings. The summed E-state index contributed by atoms with van der Waals surface area (Å²) in [5, 5.41) is 16.4. The van der Waals surface area contributed by atoms with Crippen LogP contribution in [0.1, 0.15) is 29.0 Å². The predicted octanol–water partition coefficient (Wildman–Crippen LogP) is -0.0959. The Labute approximate surface area is 99.6 Å². The number of aryl methyl sites for hydroxylation is 1. The summed E-state index contributed by atoms with van der Waals surface area (Å²) in [5.74, 6) is -1.06. The Morgan fingerprint density at radius 3 is 2.88 bits per heavy atom. The molecule has 0 spiro atoms. The minimum Gasteiger partial charge on any atom is -0.476 e. The van der Waals surface area contributed by atoms with Crippen molar-refractivity contribution in [3.05, 3.63) is 11.4 Å². The van der Waals surface area contributed by atoms with Crippen molar-refractivity contribution in [2.45, 2.75) is 25.8 Å². The maximum Gasteiger partial charge on any atom is 0.358 e. The molecule has 96 valence electrons. The van der Waals surface area contributed by atoms with Crippen LogP contribution in [-0.4, -0.2) is 46.3 Å². The van der Waals surface area contributed by atoms with Gasteiger partial charge < -0.3 is 15.6 Å². The van der Waals surface area contributed by atoms with Crippen LogP contribution in [0, 0.1) is 0 Å². The number of methoxy groups -OCH3 is 1. The van der Waals surface area contributed by atoms with E-state index in [0.717, 1.165) is 12.8 Å². The molecule has 0 atom stereocenters. The summed E-state index contributed by atoms with van der Waals surface area (Å²) < 4.78 is 6.56. The number of nitrogens with two attached hydrogens (primary N) is 1. The number of rotatable bonds is 8. The lowest BCUT2D eigenvalue weighted by molar-refractivity contribution is 0.0689. The van der Waals surface area contributed by atoms with E-state index in [9.17, 15) is 4.79 Å². The lowest BCUT2D eigenvalue weighted by atomic mass is 10.2. The molecule has 0 aromatic carbocycles. The van der Waals surface area contributed by atoms with E-state index < -0.39 is 5.97 Å². The number of ether oxygens (including phenoxy) is 1. The molecule has 0 radical (unpaired) electrons. The van der Waals surface area contributed by atoms with Crippen LogP contribution in [0.4, 0.5) is 0 Å². The van der Waals surface area contributed by atoms with Gasteiger partial charge in [0.15, 0.2) is 5.69 Å². The molecule has 0 bridgehead atoms. The summed E-state index contributed by atoms with van der Waals surface area (Å²) in [6.07, 6.45) is 2.24. The molecular weight excluding hydrogens is 224 g/mol. The second-order valence-corrected chi connectivity index (χ2v) is 3.65. The van der Waals surface area contributed by atoms with E-state index in [-0.39, 0.29) is 5.69 Å². The summed E-state index contributed by atoms with van der Waals surface area (Å²) in [7, 11) is 1.65. The van der Waals surface area contributed by atoms with Crippen LogP contribution in [0.2, 0.25) is 0 Å². The number of aromatic nitrogens is 3. The van der Waals surface area contributed by atoms with Crippen LogP contribution < -0.4 is 5.73 Å². The van der Waals surface area contributed by atoms with Gasteiger partial charge in [-0.3, -0.25) is 0 Å². The fraction of sp³-hybridized carbons (Fsp3) is 0.700. The molecule has 0 saturated heterocycles. The second kappa shape index (κ2) is 6.97. The number of carboxylic acid groups (broad SMARTS) is 1. The Hall–Kier alpha value is -1.47. The zero-order valence-corrected chi connectivity index (χ0v) is 9.93. The molecule has 7 nitrogen and oxygen atoms in total. The maximum atomic E-state index is 10.9. The monoisotopic (exact) mass is 242 g/mol. The average molecular weight is 242 g/mol. The molecule has 1 aromatic heterocycles. The molecular formula is C10H18N4O3. The van der Waals surface area contributed by atoms with Crippen molar-refractivity contribution >= 4 is 5.97 Å². The molecule has 0 saturated carbocycles. The number of aromatic carboxylic acids is 1. The van der Waals surface area contributed by atoms with Gasteiger partial charge in [0.05, 0.1) is 5.69 Å². The lowest BCUT2D eigenvalue weighted by Crippen LogP contribution is -2.13. The first-order valence-corrected chi connectivity index (χ1v) is 5.55. The first-order chi connectivity index (χ1) is 8.20. The van der Waals surface area contributed by atoms with Crippen molar-refractivity contribution < 1.29 is 14.6 Å². The van der Waals surface area contributed by atoms with Gasteiger partial charge in [0.25, 0.3) is 0 Å². The standard InChI is InChI=1S/C10H18N4O3/c1-17-7-3-2-6-14-8(4-5-11)9(10(15)16)12-13-14/h2-7,11H2,1H3,(H,15,16). The Kier molecular flexibility index (Phi) is 5.58. The van der Waals surface area contributed by atoms with Crippen LogP contribution >= 0.6 is 0 Å². The maximum absolute atomic E-state index is 10.9. The van der Waals surface area contributed by atoms with Gasteiger partial charge in [-0.05, 0) is 19.4 Å². The SMILES string of the molecule is COCCCCn1nnc(C(=O)O)c1CCN. The minimum absolute atomic E-state index is 0.00203. The molecule has 1 rings (SSSR count). The van der Waals surface area contributed by atoms with Crippen LogP contribution in [-0.2, 0) is 17.7 Å². The van der Waals surface area contributed by atoms with Crippen molar-refractivity contribution in [2.24, 2.45) is 5.73 Å². The van der Waals surface area contributed by atoms with E-state index >= 15 is 0 Å². The average Bonchev–Trinajstić information content (AvgIpc) is 2.69. The van der Waals surface area contributed by atoms with Gasteiger partial charge in [-0.1, -0.05) is 5.21 Å². The zero-order chi connectivity index (χ0) is 12.7. The number of unbranched alkanes of at least 4 members (excludes halogenated alkanes) is 1. The van der Waals surface area contributed by atoms with E-state index in [1.807, 2.05) is 0 Å². The van der Waals surface area contributed by atoms with E-state index in [2.05, 4.69) is 10.3 Å². The molecule has 3 N–H and O–H groups in total. The summed E-state index contributed by atoms with van der Waals surface area (Å²) >= 11 is 0. The number of carbonyl (C=O) groups is 1.